The fourth-order valence-electron chi connectivity index (χ4n) is 2.63. The fourth-order valence-corrected chi connectivity index (χ4v) is 2.63. The van der Waals surface area contributed by atoms with E-state index in [1.54, 1.807) is 0 Å². The highest BCUT2D eigenvalue weighted by Crippen LogP contribution is 2.30. The molecular formula is C13H18N2O3. The van der Waals surface area contributed by atoms with Gasteiger partial charge in [0.25, 0.3) is 0 Å². The maximum Gasteiger partial charge on any atom is 0.356 e. The van der Waals surface area contributed by atoms with Gasteiger partial charge >= 0.3 is 5.97 Å². The Morgan fingerprint density at radius 3 is 2.39 bits per heavy atom. The van der Waals surface area contributed by atoms with Crippen LogP contribution in [0.4, 0.5) is 0 Å². The minimum atomic E-state index is -1.08. The molecule has 0 spiro atoms. The molecule has 98 valence electrons. The van der Waals surface area contributed by atoms with Crippen molar-refractivity contribution in [3.8, 4) is 5.88 Å². The lowest BCUT2D eigenvalue weighted by Gasteiger charge is -2.31. The summed E-state index contributed by atoms with van der Waals surface area (Å²) in [5.74, 6) is 0.648. The lowest BCUT2D eigenvalue weighted by Crippen LogP contribution is -2.28. The Kier molecular flexibility index (Phi) is 3.79. The van der Waals surface area contributed by atoms with Gasteiger partial charge in [-0.25, -0.2) is 14.8 Å². The van der Waals surface area contributed by atoms with Crippen LogP contribution in [0, 0.1) is 11.8 Å². The maximum atomic E-state index is 10.6. The number of carboxylic acid groups (broad SMARTS) is 1. The monoisotopic (exact) mass is 250 g/mol. The van der Waals surface area contributed by atoms with Crippen LogP contribution >= 0.6 is 0 Å². The third-order valence-electron chi connectivity index (χ3n) is 3.27. The van der Waals surface area contributed by atoms with Gasteiger partial charge in [-0.1, -0.05) is 13.8 Å². The Morgan fingerprint density at radius 2 is 1.89 bits per heavy atom. The van der Waals surface area contributed by atoms with Gasteiger partial charge in [0.1, 0.15) is 6.10 Å². The van der Waals surface area contributed by atoms with Crippen LogP contribution in [0.25, 0.3) is 0 Å². The Hall–Kier alpha value is -1.65. The highest BCUT2D eigenvalue weighted by atomic mass is 16.5. The van der Waals surface area contributed by atoms with Crippen molar-refractivity contribution < 1.29 is 14.6 Å². The smallest absolute Gasteiger partial charge is 0.356 e. The second-order valence-corrected chi connectivity index (χ2v) is 5.20. The summed E-state index contributed by atoms with van der Waals surface area (Å²) >= 11 is 0. The Bertz CT molecular complexity index is 409. The molecule has 0 aliphatic heterocycles. The molecule has 1 fully saturated rings. The van der Waals surface area contributed by atoms with Gasteiger partial charge in [0.2, 0.25) is 5.88 Å². The summed E-state index contributed by atoms with van der Waals surface area (Å²) in [5.41, 5.74) is -0.0623. The molecule has 1 aliphatic carbocycles. The van der Waals surface area contributed by atoms with Gasteiger partial charge in [0.05, 0.1) is 12.4 Å². The van der Waals surface area contributed by atoms with Crippen molar-refractivity contribution in [2.45, 2.75) is 39.2 Å². The minimum absolute atomic E-state index is 0.0623. The second kappa shape index (κ2) is 5.33. The van der Waals surface area contributed by atoms with E-state index in [9.17, 15) is 4.79 Å². The van der Waals surface area contributed by atoms with E-state index >= 15 is 0 Å². The van der Waals surface area contributed by atoms with Crippen molar-refractivity contribution in [1.82, 2.24) is 9.97 Å². The van der Waals surface area contributed by atoms with E-state index in [1.165, 1.54) is 18.8 Å². The summed E-state index contributed by atoms with van der Waals surface area (Å²) < 4.78 is 5.76. The van der Waals surface area contributed by atoms with Gasteiger partial charge < -0.3 is 9.84 Å². The molecular weight excluding hydrogens is 232 g/mol. The van der Waals surface area contributed by atoms with Crippen LogP contribution in [0.5, 0.6) is 5.88 Å². The maximum absolute atomic E-state index is 10.6. The van der Waals surface area contributed by atoms with Crippen LogP contribution in [-0.2, 0) is 0 Å². The first kappa shape index (κ1) is 12.8. The van der Waals surface area contributed by atoms with E-state index in [0.29, 0.717) is 17.7 Å². The van der Waals surface area contributed by atoms with E-state index in [4.69, 9.17) is 9.84 Å². The summed E-state index contributed by atoms with van der Waals surface area (Å²) in [6, 6.07) is 0. The first-order chi connectivity index (χ1) is 8.54. The highest BCUT2D eigenvalue weighted by Gasteiger charge is 2.25. The number of aromatic nitrogens is 2. The molecule has 18 heavy (non-hydrogen) atoms. The van der Waals surface area contributed by atoms with Crippen LogP contribution < -0.4 is 4.74 Å². The molecule has 0 saturated heterocycles. The highest BCUT2D eigenvalue weighted by molar-refractivity contribution is 5.84. The van der Waals surface area contributed by atoms with Crippen molar-refractivity contribution in [3.05, 3.63) is 18.1 Å². The predicted octanol–water partition coefficient (Wildman–Crippen LogP) is 2.38. The van der Waals surface area contributed by atoms with Crippen molar-refractivity contribution in [1.29, 1.82) is 0 Å². The summed E-state index contributed by atoms with van der Waals surface area (Å²) in [7, 11) is 0. The van der Waals surface area contributed by atoms with Gasteiger partial charge in [-0.3, -0.25) is 0 Å². The summed E-state index contributed by atoms with van der Waals surface area (Å²) in [4.78, 5) is 18.4. The van der Waals surface area contributed by atoms with Crippen LogP contribution in [0.2, 0.25) is 0 Å². The van der Waals surface area contributed by atoms with Gasteiger partial charge in [-0.2, -0.15) is 0 Å². The van der Waals surface area contributed by atoms with E-state index in [-0.39, 0.29) is 11.8 Å². The Labute approximate surface area is 106 Å². The average molecular weight is 250 g/mol. The zero-order valence-electron chi connectivity index (χ0n) is 10.7. The summed E-state index contributed by atoms with van der Waals surface area (Å²) in [5, 5.41) is 8.72. The number of carbonyl (C=O) groups is 1. The van der Waals surface area contributed by atoms with Crippen molar-refractivity contribution in [3.63, 3.8) is 0 Å². The lowest BCUT2D eigenvalue weighted by atomic mass is 9.82. The zero-order valence-corrected chi connectivity index (χ0v) is 10.7. The molecule has 1 heterocycles. The predicted molar refractivity (Wildman–Crippen MR) is 65.6 cm³/mol. The van der Waals surface area contributed by atoms with Crippen molar-refractivity contribution >= 4 is 5.97 Å². The van der Waals surface area contributed by atoms with Crippen LogP contribution in [0.3, 0.4) is 0 Å². The quantitative estimate of drug-likeness (QED) is 0.891. The summed E-state index contributed by atoms with van der Waals surface area (Å²) in [6.45, 7) is 4.45. The van der Waals surface area contributed by atoms with Crippen LogP contribution in [0.15, 0.2) is 12.4 Å². The third-order valence-corrected chi connectivity index (χ3v) is 3.27. The lowest BCUT2D eigenvalue weighted by molar-refractivity contribution is 0.0689. The topological polar surface area (TPSA) is 72.3 Å². The van der Waals surface area contributed by atoms with Crippen molar-refractivity contribution in [2.75, 3.05) is 0 Å². The number of hydrogen-bond acceptors (Lipinski definition) is 4. The summed E-state index contributed by atoms with van der Waals surface area (Å²) in [6.07, 6.45) is 6.05. The normalized spacial score (nSPS) is 27.8. The zero-order chi connectivity index (χ0) is 13.1. The number of hydrogen-bond donors (Lipinski definition) is 1. The van der Waals surface area contributed by atoms with E-state index in [1.807, 2.05) is 0 Å². The largest absolute Gasteiger partial charge is 0.476 e. The molecule has 0 radical (unpaired) electrons. The fraction of sp³-hybridized carbons (Fsp3) is 0.615. The van der Waals surface area contributed by atoms with Crippen LogP contribution in [-0.4, -0.2) is 27.1 Å². The van der Waals surface area contributed by atoms with Gasteiger partial charge in [-0.05, 0) is 31.1 Å². The first-order valence-corrected chi connectivity index (χ1v) is 6.26. The van der Waals surface area contributed by atoms with E-state index in [0.717, 1.165) is 12.8 Å². The molecule has 5 heteroatoms. The molecule has 2 rings (SSSR count). The molecule has 0 bridgehead atoms. The molecule has 1 aromatic heterocycles. The standard InChI is InChI=1S/C13H18N2O3/c1-8-3-9(2)5-10(4-8)18-12-7-14-11(6-15-12)13(16)17/h6-10H,3-5H2,1-2H3,(H,16,17). The van der Waals surface area contributed by atoms with E-state index < -0.39 is 5.97 Å². The van der Waals surface area contributed by atoms with Gasteiger partial charge in [0, 0.05) is 0 Å². The Balaban J connectivity index is 1.98. The average Bonchev–Trinajstić information content (AvgIpc) is 2.28. The SMILES string of the molecule is CC1CC(C)CC(Oc2cnc(C(=O)O)cn2)C1. The molecule has 1 saturated carbocycles. The number of ether oxygens (including phenoxy) is 1. The molecule has 0 aromatic carbocycles. The van der Waals surface area contributed by atoms with Crippen LogP contribution in [0.1, 0.15) is 43.6 Å². The Morgan fingerprint density at radius 1 is 1.22 bits per heavy atom. The molecule has 2 atom stereocenters. The van der Waals surface area contributed by atoms with Gasteiger partial charge in [0.15, 0.2) is 5.69 Å². The third kappa shape index (κ3) is 3.18. The van der Waals surface area contributed by atoms with E-state index in [2.05, 4.69) is 23.8 Å². The molecule has 2 unspecified atom stereocenters. The number of rotatable bonds is 3. The molecule has 1 aliphatic rings. The van der Waals surface area contributed by atoms with Gasteiger partial charge in [-0.15, -0.1) is 0 Å². The number of carboxylic acids is 1. The molecule has 5 nitrogen and oxygen atoms in total. The number of aromatic carboxylic acids is 1. The second-order valence-electron chi connectivity index (χ2n) is 5.20. The number of nitrogens with zero attached hydrogens (tertiary/aromatic N) is 2. The molecule has 1 N–H and O–H groups in total. The molecule has 1 aromatic rings. The van der Waals surface area contributed by atoms with Crippen molar-refractivity contribution in [2.24, 2.45) is 11.8 Å². The minimum Gasteiger partial charge on any atom is -0.476 e. The first-order valence-electron chi connectivity index (χ1n) is 6.26. The molecule has 0 amide bonds.